The lowest BCUT2D eigenvalue weighted by Crippen LogP contribution is -1.99. The molecule has 0 fully saturated rings. The zero-order chi connectivity index (χ0) is 20.8. The van der Waals surface area contributed by atoms with Crippen LogP contribution in [0, 0.1) is 19.7 Å². The molecule has 0 aliphatic rings. The van der Waals surface area contributed by atoms with E-state index in [2.05, 4.69) is 10.3 Å². The fourth-order valence-corrected chi connectivity index (χ4v) is 4.89. The van der Waals surface area contributed by atoms with Gasteiger partial charge >= 0.3 is 0 Å². The van der Waals surface area contributed by atoms with E-state index in [1.807, 2.05) is 44.2 Å². The highest BCUT2D eigenvalue weighted by molar-refractivity contribution is 7.19. The van der Waals surface area contributed by atoms with Crippen molar-refractivity contribution in [2.75, 3.05) is 5.32 Å². The van der Waals surface area contributed by atoms with Gasteiger partial charge in [-0.3, -0.25) is 0 Å². The van der Waals surface area contributed by atoms with E-state index < -0.39 is 0 Å². The number of aromatic hydroxyl groups is 1. The molecular formula is C24H18FN3OS. The van der Waals surface area contributed by atoms with E-state index in [0.29, 0.717) is 11.6 Å². The molecule has 0 saturated heterocycles. The van der Waals surface area contributed by atoms with Crippen LogP contribution < -0.4 is 5.32 Å². The third kappa shape index (κ3) is 3.06. The number of nitrogens with one attached hydrogen (secondary N) is 1. The molecule has 2 N–H and O–H groups in total. The molecule has 148 valence electrons. The van der Waals surface area contributed by atoms with Crippen molar-refractivity contribution in [3.05, 3.63) is 77.2 Å². The Labute approximate surface area is 176 Å². The third-order valence-electron chi connectivity index (χ3n) is 5.12. The summed E-state index contributed by atoms with van der Waals surface area (Å²) in [7, 11) is 0. The summed E-state index contributed by atoms with van der Waals surface area (Å²) in [5.74, 6) is 1.33. The van der Waals surface area contributed by atoms with Crippen LogP contribution in [0.25, 0.3) is 32.1 Å². The van der Waals surface area contributed by atoms with Crippen molar-refractivity contribution in [1.82, 2.24) is 9.97 Å². The van der Waals surface area contributed by atoms with Crippen LogP contribution in [-0.2, 0) is 0 Å². The number of hydrogen-bond donors (Lipinski definition) is 2. The van der Waals surface area contributed by atoms with Gasteiger partial charge in [0.15, 0.2) is 0 Å². The molecule has 0 aliphatic heterocycles. The van der Waals surface area contributed by atoms with Crippen molar-refractivity contribution >= 4 is 43.8 Å². The lowest BCUT2D eigenvalue weighted by atomic mass is 10.0. The lowest BCUT2D eigenvalue weighted by Gasteiger charge is -2.13. The third-order valence-corrected chi connectivity index (χ3v) is 6.12. The zero-order valence-corrected chi connectivity index (χ0v) is 17.2. The van der Waals surface area contributed by atoms with Gasteiger partial charge < -0.3 is 10.4 Å². The second-order valence-corrected chi connectivity index (χ2v) is 8.35. The Balaban J connectivity index is 1.74. The van der Waals surface area contributed by atoms with Gasteiger partial charge in [-0.15, -0.1) is 11.3 Å². The number of halogens is 1. The van der Waals surface area contributed by atoms with Crippen molar-refractivity contribution in [3.63, 3.8) is 0 Å². The highest BCUT2D eigenvalue weighted by atomic mass is 32.1. The van der Waals surface area contributed by atoms with Gasteiger partial charge in [0, 0.05) is 26.9 Å². The van der Waals surface area contributed by atoms with Crippen LogP contribution in [0.15, 0.2) is 60.7 Å². The number of thiophene rings is 1. The van der Waals surface area contributed by atoms with Crippen molar-refractivity contribution in [1.29, 1.82) is 0 Å². The molecular weight excluding hydrogens is 397 g/mol. The maximum atomic E-state index is 13.5. The molecule has 0 radical (unpaired) electrons. The molecule has 0 amide bonds. The summed E-state index contributed by atoms with van der Waals surface area (Å²) in [6, 6.07) is 17.7. The topological polar surface area (TPSA) is 58.0 Å². The molecule has 30 heavy (non-hydrogen) atoms. The number of rotatable bonds is 3. The van der Waals surface area contributed by atoms with Crippen molar-refractivity contribution in [2.24, 2.45) is 0 Å². The van der Waals surface area contributed by atoms with Crippen LogP contribution in [0.2, 0.25) is 0 Å². The number of anilines is 2. The number of phenolic OH excluding ortho intramolecular Hbond substituents is 1. The zero-order valence-electron chi connectivity index (χ0n) is 16.4. The summed E-state index contributed by atoms with van der Waals surface area (Å²) >= 11 is 1.60. The smallest absolute Gasteiger partial charge is 0.143 e. The Morgan fingerprint density at radius 2 is 1.63 bits per heavy atom. The van der Waals surface area contributed by atoms with Gasteiger partial charge in [-0.1, -0.05) is 36.4 Å². The maximum absolute atomic E-state index is 13.5. The highest BCUT2D eigenvalue weighted by Crippen LogP contribution is 2.42. The van der Waals surface area contributed by atoms with Crippen LogP contribution in [0.5, 0.6) is 5.75 Å². The summed E-state index contributed by atoms with van der Waals surface area (Å²) in [5, 5.41) is 16.3. The summed E-state index contributed by atoms with van der Waals surface area (Å²) in [5.41, 5.74) is 2.77. The van der Waals surface area contributed by atoms with Crippen LogP contribution in [-0.4, -0.2) is 15.1 Å². The molecule has 0 unspecified atom stereocenters. The van der Waals surface area contributed by atoms with E-state index >= 15 is 0 Å². The van der Waals surface area contributed by atoms with Gasteiger partial charge in [0.05, 0.1) is 5.39 Å². The van der Waals surface area contributed by atoms with E-state index in [-0.39, 0.29) is 11.6 Å². The average molecular weight is 415 g/mol. The molecule has 6 heteroatoms. The number of aryl methyl sites for hydroxylation is 2. The fraction of sp³-hybridized carbons (Fsp3) is 0.0833. The van der Waals surface area contributed by atoms with Crippen molar-refractivity contribution < 1.29 is 9.50 Å². The average Bonchev–Trinajstić information content (AvgIpc) is 3.05. The van der Waals surface area contributed by atoms with Crippen molar-refractivity contribution in [2.45, 2.75) is 13.8 Å². The van der Waals surface area contributed by atoms with Gasteiger partial charge in [0.2, 0.25) is 0 Å². The molecule has 4 nitrogen and oxygen atoms in total. The predicted molar refractivity (Wildman–Crippen MR) is 121 cm³/mol. The molecule has 0 aliphatic carbocycles. The first-order chi connectivity index (χ1) is 14.5. The minimum absolute atomic E-state index is 0.235. The quantitative estimate of drug-likeness (QED) is 0.343. The van der Waals surface area contributed by atoms with Crippen LogP contribution in [0.3, 0.4) is 0 Å². The highest BCUT2D eigenvalue weighted by Gasteiger charge is 2.18. The van der Waals surface area contributed by atoms with E-state index in [1.165, 1.54) is 12.1 Å². The predicted octanol–water partition coefficient (Wildman–Crippen LogP) is 6.72. The Kier molecular flexibility index (Phi) is 4.37. The molecule has 2 aromatic heterocycles. The minimum atomic E-state index is -0.267. The number of phenols is 1. The number of benzene rings is 3. The Morgan fingerprint density at radius 1 is 0.900 bits per heavy atom. The second kappa shape index (κ2) is 7.07. The molecule has 0 bridgehead atoms. The standard InChI is InChI=1S/C24H18FN3OS/c1-13-21(15-9-11-16(25)12-10-15)22-23(26-14(2)27-24(22)30-13)28-19-7-3-6-18-17(19)5-4-8-20(18)29/h3-12,29H,1-2H3,(H,26,27,28). The summed E-state index contributed by atoms with van der Waals surface area (Å²) in [6.45, 7) is 3.91. The summed E-state index contributed by atoms with van der Waals surface area (Å²) in [4.78, 5) is 11.3. The number of nitrogens with zero attached hydrogens (tertiary/aromatic N) is 2. The first kappa shape index (κ1) is 18.5. The van der Waals surface area contributed by atoms with E-state index in [9.17, 15) is 9.50 Å². The molecule has 2 heterocycles. The Hall–Kier alpha value is -3.51. The molecule has 0 saturated carbocycles. The summed E-state index contributed by atoms with van der Waals surface area (Å²) in [6.07, 6.45) is 0. The van der Waals surface area contributed by atoms with Gasteiger partial charge in [-0.05, 0) is 43.7 Å². The normalized spacial score (nSPS) is 11.3. The first-order valence-electron chi connectivity index (χ1n) is 9.52. The minimum Gasteiger partial charge on any atom is -0.507 e. The van der Waals surface area contributed by atoms with E-state index in [1.54, 1.807) is 29.5 Å². The van der Waals surface area contributed by atoms with Crippen LogP contribution >= 0.6 is 11.3 Å². The molecule has 3 aromatic carbocycles. The summed E-state index contributed by atoms with van der Waals surface area (Å²) < 4.78 is 13.5. The van der Waals surface area contributed by atoms with Crippen molar-refractivity contribution in [3.8, 4) is 16.9 Å². The fourth-order valence-electron chi connectivity index (χ4n) is 3.80. The van der Waals surface area contributed by atoms with E-state index in [0.717, 1.165) is 42.7 Å². The number of hydrogen-bond acceptors (Lipinski definition) is 5. The number of fused-ring (bicyclic) bond motifs is 2. The van der Waals surface area contributed by atoms with Gasteiger partial charge in [0.25, 0.3) is 0 Å². The van der Waals surface area contributed by atoms with Gasteiger partial charge in [-0.2, -0.15) is 0 Å². The SMILES string of the molecule is Cc1nc(Nc2cccc3c(O)cccc23)c2c(-c3ccc(F)cc3)c(C)sc2n1. The van der Waals surface area contributed by atoms with Gasteiger partial charge in [-0.25, -0.2) is 14.4 Å². The lowest BCUT2D eigenvalue weighted by molar-refractivity contribution is 0.481. The maximum Gasteiger partial charge on any atom is 0.143 e. The van der Waals surface area contributed by atoms with Gasteiger partial charge in [0.1, 0.15) is 28.0 Å². The van der Waals surface area contributed by atoms with Crippen LogP contribution in [0.1, 0.15) is 10.7 Å². The Bertz CT molecular complexity index is 1410. The monoisotopic (exact) mass is 415 g/mol. The van der Waals surface area contributed by atoms with E-state index in [4.69, 9.17) is 4.98 Å². The molecule has 0 spiro atoms. The Morgan fingerprint density at radius 3 is 2.43 bits per heavy atom. The number of aromatic nitrogens is 2. The second-order valence-electron chi connectivity index (χ2n) is 7.14. The molecule has 5 rings (SSSR count). The molecule has 0 atom stereocenters. The largest absolute Gasteiger partial charge is 0.507 e. The van der Waals surface area contributed by atoms with Crippen LogP contribution in [0.4, 0.5) is 15.9 Å². The molecule has 5 aromatic rings. The first-order valence-corrected chi connectivity index (χ1v) is 10.3.